The molecule has 4 N–H and O–H groups in total. The predicted octanol–water partition coefficient (Wildman–Crippen LogP) is 2.91. The summed E-state index contributed by atoms with van der Waals surface area (Å²) in [5.74, 6) is -1.89. The Hall–Kier alpha value is -2.43. The second kappa shape index (κ2) is 22.5. The van der Waals surface area contributed by atoms with Crippen molar-refractivity contribution >= 4 is 17.9 Å². The smallest absolute Gasteiger partial charge is 0.306 e. The van der Waals surface area contributed by atoms with Crippen LogP contribution in [0.5, 0.6) is 0 Å². The molecule has 14 nitrogen and oxygen atoms in total. The van der Waals surface area contributed by atoms with Crippen LogP contribution in [-0.4, -0.2) is 119 Å². The molecule has 0 aliphatic carbocycles. The van der Waals surface area contributed by atoms with Gasteiger partial charge in [0.2, 0.25) is 0 Å². The van der Waals surface area contributed by atoms with Crippen LogP contribution in [0.15, 0.2) is 24.8 Å². The third kappa shape index (κ3) is 13.9. The van der Waals surface area contributed by atoms with Crippen LogP contribution in [0.25, 0.3) is 0 Å². The fraction of sp³-hybridized carbons (Fsp3) is 0.806. The van der Waals surface area contributed by atoms with Gasteiger partial charge in [0, 0.05) is 20.3 Å². The second-order valence-corrected chi connectivity index (χ2v) is 13.2. The van der Waals surface area contributed by atoms with Gasteiger partial charge in [0.15, 0.2) is 18.7 Å². The SMILES string of the molecule is C=CC1CCCCCCC/C=C\CCCCCCCC(=O)O[C@@H]2C(COC(C)=O)O[C@@H](OC3[C@H](O1)OC(COC(C)=O)[C@@H](O)[C@@H]3O)C(O)[C@H]2O. The topological polar surface area (TPSA) is 197 Å². The van der Waals surface area contributed by atoms with E-state index in [9.17, 15) is 34.8 Å². The molecule has 0 aromatic heterocycles. The van der Waals surface area contributed by atoms with E-state index >= 15 is 0 Å². The molecule has 5 unspecified atom stereocenters. The van der Waals surface area contributed by atoms with Crippen molar-refractivity contribution in [2.45, 2.75) is 171 Å². The first-order valence-electron chi connectivity index (χ1n) is 18.1. The van der Waals surface area contributed by atoms with Crippen LogP contribution in [-0.2, 0) is 47.5 Å². The molecular weight excluding hydrogens is 656 g/mol. The molecule has 0 aromatic carbocycles. The summed E-state index contributed by atoms with van der Waals surface area (Å²) < 4.78 is 39.7. The Morgan fingerprint density at radius 1 is 0.700 bits per heavy atom. The van der Waals surface area contributed by atoms with Crippen molar-refractivity contribution < 1.29 is 68.0 Å². The Labute approximate surface area is 295 Å². The summed E-state index contributed by atoms with van der Waals surface area (Å²) in [5.41, 5.74) is 0. The van der Waals surface area contributed by atoms with Gasteiger partial charge in [-0.15, -0.1) is 6.58 Å². The number of rotatable bonds is 5. The summed E-state index contributed by atoms with van der Waals surface area (Å²) in [6.45, 7) is 5.42. The zero-order valence-corrected chi connectivity index (χ0v) is 29.5. The highest BCUT2D eigenvalue weighted by Crippen LogP contribution is 2.32. The normalized spacial score (nSPS) is 36.9. The quantitative estimate of drug-likeness (QED) is 0.184. The van der Waals surface area contributed by atoms with Gasteiger partial charge in [-0.1, -0.05) is 63.2 Å². The number of aliphatic hydroxyl groups is 4. The van der Waals surface area contributed by atoms with E-state index < -0.39 is 92.0 Å². The van der Waals surface area contributed by atoms with Gasteiger partial charge in [0.25, 0.3) is 0 Å². The average Bonchev–Trinajstić information content (AvgIpc) is 3.08. The number of carbonyl (C=O) groups excluding carboxylic acids is 3. The van der Waals surface area contributed by atoms with Gasteiger partial charge in [0.05, 0.1) is 6.10 Å². The number of esters is 3. The maximum Gasteiger partial charge on any atom is 0.306 e. The number of allylic oxidation sites excluding steroid dienone is 2. The third-order valence-electron chi connectivity index (χ3n) is 9.10. The Kier molecular flexibility index (Phi) is 18.9. The monoisotopic (exact) mass is 714 g/mol. The van der Waals surface area contributed by atoms with Crippen LogP contribution in [0.4, 0.5) is 0 Å². The van der Waals surface area contributed by atoms with E-state index in [2.05, 4.69) is 18.7 Å². The first kappa shape index (κ1) is 42.0. The zero-order valence-electron chi connectivity index (χ0n) is 29.5. The van der Waals surface area contributed by atoms with Crippen molar-refractivity contribution in [2.75, 3.05) is 13.2 Å². The van der Waals surface area contributed by atoms with E-state index in [0.29, 0.717) is 12.8 Å². The van der Waals surface area contributed by atoms with Crippen LogP contribution in [0.3, 0.4) is 0 Å². The highest BCUT2D eigenvalue weighted by Gasteiger charge is 2.53. The number of hydrogen-bond acceptors (Lipinski definition) is 14. The molecule has 0 aromatic rings. The highest BCUT2D eigenvalue weighted by atomic mass is 16.8. The number of aliphatic hydroxyl groups excluding tert-OH is 4. The van der Waals surface area contributed by atoms with Crippen molar-refractivity contribution in [2.24, 2.45) is 0 Å². The maximum atomic E-state index is 12.8. The molecule has 0 amide bonds. The van der Waals surface area contributed by atoms with Crippen molar-refractivity contribution in [3.63, 3.8) is 0 Å². The predicted molar refractivity (Wildman–Crippen MR) is 178 cm³/mol. The minimum atomic E-state index is -1.81. The summed E-state index contributed by atoms with van der Waals surface area (Å²) in [6.07, 6.45) is 2.53. The molecular formula is C36H58O14. The van der Waals surface area contributed by atoms with Crippen LogP contribution < -0.4 is 0 Å². The molecule has 4 aliphatic rings. The molecule has 50 heavy (non-hydrogen) atoms. The first-order valence-corrected chi connectivity index (χ1v) is 18.1. The molecule has 2 bridgehead atoms. The average molecular weight is 715 g/mol. The number of carbonyl (C=O) groups is 3. The van der Waals surface area contributed by atoms with E-state index in [1.165, 1.54) is 13.8 Å². The van der Waals surface area contributed by atoms with Gasteiger partial charge in [-0.2, -0.15) is 0 Å². The molecule has 14 heteroatoms. The zero-order chi connectivity index (χ0) is 36.5. The summed E-state index contributed by atoms with van der Waals surface area (Å²) in [6, 6.07) is 0. The molecule has 286 valence electrons. The maximum absolute atomic E-state index is 12.8. The van der Waals surface area contributed by atoms with Crippen LogP contribution >= 0.6 is 0 Å². The summed E-state index contributed by atoms with van der Waals surface area (Å²) in [5, 5.41) is 44.4. The van der Waals surface area contributed by atoms with Crippen LogP contribution in [0, 0.1) is 0 Å². The van der Waals surface area contributed by atoms with Crippen molar-refractivity contribution in [1.82, 2.24) is 0 Å². The molecule has 2 fully saturated rings. The first-order chi connectivity index (χ1) is 24.0. The lowest BCUT2D eigenvalue weighted by atomic mass is 9.97. The molecule has 0 spiro atoms. The highest BCUT2D eigenvalue weighted by molar-refractivity contribution is 5.69. The van der Waals surface area contributed by atoms with Crippen LogP contribution in [0.1, 0.15) is 104 Å². The largest absolute Gasteiger partial charge is 0.463 e. The molecule has 4 heterocycles. The minimum Gasteiger partial charge on any atom is -0.463 e. The van der Waals surface area contributed by atoms with Gasteiger partial charge < -0.3 is 53.6 Å². The standard InChI is InChI=1S/C36H58O14/c1-4-25-19-17-15-13-11-9-7-5-6-8-10-12-14-16-18-20-28(39)49-33-27(22-45-24(3)38)48-35(32(43)31(33)42)50-34-30(41)29(40)26(21-44-23(2)37)47-36(34)46-25/h4-6,25-27,29-36,40-43H,1,7-22H2,2-3H3/b6-5-/t25?,26?,27?,29-,30+,31-,32?,33-,34?,35+,36-/m1/s1. The molecule has 0 radical (unpaired) electrons. The van der Waals surface area contributed by atoms with Crippen LogP contribution in [0.2, 0.25) is 0 Å². The number of fused-ring (bicyclic) bond motifs is 20. The number of hydrogen-bond donors (Lipinski definition) is 4. The van der Waals surface area contributed by atoms with Gasteiger partial charge in [-0.25, -0.2) is 0 Å². The van der Waals surface area contributed by atoms with Crippen molar-refractivity contribution in [1.29, 1.82) is 0 Å². The Balaban J connectivity index is 1.83. The number of ether oxygens (including phenoxy) is 7. The van der Waals surface area contributed by atoms with Gasteiger partial charge in [0.1, 0.15) is 55.9 Å². The molecule has 4 rings (SSSR count). The fourth-order valence-corrected chi connectivity index (χ4v) is 6.21. The van der Waals surface area contributed by atoms with Crippen molar-refractivity contribution in [3.8, 4) is 0 Å². The van der Waals surface area contributed by atoms with E-state index in [4.69, 9.17) is 33.2 Å². The Bertz CT molecular complexity index is 1070. The Morgan fingerprint density at radius 2 is 1.24 bits per heavy atom. The lowest BCUT2D eigenvalue weighted by Crippen LogP contribution is -2.65. The molecule has 0 saturated carbocycles. The molecule has 4 aliphatic heterocycles. The van der Waals surface area contributed by atoms with E-state index in [-0.39, 0.29) is 13.0 Å². The van der Waals surface area contributed by atoms with E-state index in [1.54, 1.807) is 6.08 Å². The molecule has 2 saturated heterocycles. The lowest BCUT2D eigenvalue weighted by molar-refractivity contribution is -0.370. The molecule has 11 atom stereocenters. The van der Waals surface area contributed by atoms with E-state index in [1.807, 2.05) is 0 Å². The van der Waals surface area contributed by atoms with E-state index in [0.717, 1.165) is 70.6 Å². The fourth-order valence-electron chi connectivity index (χ4n) is 6.21. The lowest BCUT2D eigenvalue weighted by Gasteiger charge is -2.47. The third-order valence-corrected chi connectivity index (χ3v) is 9.10. The summed E-state index contributed by atoms with van der Waals surface area (Å²) in [4.78, 5) is 36.0. The van der Waals surface area contributed by atoms with Gasteiger partial charge >= 0.3 is 17.9 Å². The van der Waals surface area contributed by atoms with Gasteiger partial charge in [-0.05, 0) is 38.5 Å². The Morgan fingerprint density at radius 3 is 1.86 bits per heavy atom. The van der Waals surface area contributed by atoms with Crippen molar-refractivity contribution in [3.05, 3.63) is 24.8 Å². The van der Waals surface area contributed by atoms with Gasteiger partial charge in [-0.3, -0.25) is 14.4 Å². The summed E-state index contributed by atoms with van der Waals surface area (Å²) in [7, 11) is 0. The summed E-state index contributed by atoms with van der Waals surface area (Å²) >= 11 is 0. The second-order valence-electron chi connectivity index (χ2n) is 13.2. The minimum absolute atomic E-state index is 0.0843.